The maximum atomic E-state index is 5.11. The number of aromatic nitrogens is 2. The van der Waals surface area contributed by atoms with E-state index in [-0.39, 0.29) is 0 Å². The molecule has 1 heterocycles. The monoisotopic (exact) mass is 269 g/mol. The van der Waals surface area contributed by atoms with Crippen LogP contribution in [0.3, 0.4) is 0 Å². The first-order chi connectivity index (χ1) is 9.86. The first-order valence-electron chi connectivity index (χ1n) is 7.01. The number of benzene rings is 1. The first kappa shape index (κ1) is 13.1. The second-order valence-electron chi connectivity index (χ2n) is 5.12. The number of hydrogen-bond acceptors (Lipinski definition) is 4. The molecule has 1 aromatic carbocycles. The molecule has 1 atom stereocenters. The van der Waals surface area contributed by atoms with E-state index < -0.39 is 0 Å². The Morgan fingerprint density at radius 3 is 3.10 bits per heavy atom. The third kappa shape index (κ3) is 2.80. The van der Waals surface area contributed by atoms with Crippen LogP contribution < -0.4 is 5.32 Å². The van der Waals surface area contributed by atoms with Crippen molar-refractivity contribution in [1.29, 1.82) is 0 Å². The predicted octanol–water partition coefficient (Wildman–Crippen LogP) is 3.11. The third-order valence-corrected chi connectivity index (χ3v) is 3.71. The summed E-state index contributed by atoms with van der Waals surface area (Å²) in [6, 6.07) is 11.0. The van der Waals surface area contributed by atoms with Gasteiger partial charge in [0.2, 0.25) is 0 Å². The Labute approximate surface area is 119 Å². The van der Waals surface area contributed by atoms with E-state index >= 15 is 0 Å². The van der Waals surface area contributed by atoms with Crippen LogP contribution in [0.25, 0.3) is 0 Å². The van der Waals surface area contributed by atoms with Crippen molar-refractivity contribution in [2.75, 3.05) is 12.4 Å². The van der Waals surface area contributed by atoms with Gasteiger partial charge >= 0.3 is 0 Å². The summed E-state index contributed by atoms with van der Waals surface area (Å²) in [4.78, 5) is 8.50. The molecular weight excluding hydrogens is 250 g/mol. The second-order valence-corrected chi connectivity index (χ2v) is 5.12. The SMILES string of the molecule is COCc1cc(N[C@H]2CCCc3ccccc32)ncn1. The van der Waals surface area contributed by atoms with Crippen LogP contribution in [0.5, 0.6) is 0 Å². The van der Waals surface area contributed by atoms with E-state index in [1.54, 1.807) is 13.4 Å². The van der Waals surface area contributed by atoms with Crippen molar-refractivity contribution in [2.45, 2.75) is 31.9 Å². The Kier molecular flexibility index (Phi) is 3.92. The zero-order valence-corrected chi connectivity index (χ0v) is 11.7. The van der Waals surface area contributed by atoms with Gasteiger partial charge in [0.1, 0.15) is 12.1 Å². The average Bonchev–Trinajstić information content (AvgIpc) is 2.48. The van der Waals surface area contributed by atoms with Gasteiger partial charge in [-0.25, -0.2) is 9.97 Å². The fourth-order valence-corrected chi connectivity index (χ4v) is 2.79. The number of nitrogens with zero attached hydrogens (tertiary/aromatic N) is 2. The number of hydrogen-bond donors (Lipinski definition) is 1. The molecule has 1 aliphatic rings. The van der Waals surface area contributed by atoms with Crippen LogP contribution in [0.1, 0.15) is 35.7 Å². The quantitative estimate of drug-likeness (QED) is 0.926. The molecule has 3 rings (SSSR count). The van der Waals surface area contributed by atoms with Crippen molar-refractivity contribution in [2.24, 2.45) is 0 Å². The van der Waals surface area contributed by atoms with Gasteiger partial charge in [0, 0.05) is 13.2 Å². The molecule has 0 unspecified atom stereocenters. The third-order valence-electron chi connectivity index (χ3n) is 3.71. The molecule has 4 nitrogen and oxygen atoms in total. The Balaban J connectivity index is 1.80. The van der Waals surface area contributed by atoms with Gasteiger partial charge in [-0.3, -0.25) is 0 Å². The molecule has 0 radical (unpaired) electrons. The van der Waals surface area contributed by atoms with Gasteiger partial charge in [0.15, 0.2) is 0 Å². The number of aryl methyl sites for hydroxylation is 1. The van der Waals surface area contributed by atoms with Crippen molar-refractivity contribution in [3.05, 3.63) is 53.5 Å². The van der Waals surface area contributed by atoms with Gasteiger partial charge in [0.25, 0.3) is 0 Å². The van der Waals surface area contributed by atoms with Crippen molar-refractivity contribution < 1.29 is 4.74 Å². The molecule has 104 valence electrons. The molecule has 0 saturated heterocycles. The average molecular weight is 269 g/mol. The lowest BCUT2D eigenvalue weighted by atomic mass is 9.88. The molecule has 0 aliphatic heterocycles. The van der Waals surface area contributed by atoms with Crippen LogP contribution in [0.4, 0.5) is 5.82 Å². The van der Waals surface area contributed by atoms with E-state index in [0.29, 0.717) is 12.6 Å². The van der Waals surface area contributed by atoms with E-state index in [9.17, 15) is 0 Å². The second kappa shape index (κ2) is 6.01. The molecule has 4 heteroatoms. The summed E-state index contributed by atoms with van der Waals surface area (Å²) in [6.45, 7) is 0.512. The minimum atomic E-state index is 0.338. The minimum absolute atomic E-state index is 0.338. The van der Waals surface area contributed by atoms with Crippen LogP contribution in [-0.2, 0) is 17.8 Å². The lowest BCUT2D eigenvalue weighted by molar-refractivity contribution is 0.181. The van der Waals surface area contributed by atoms with Crippen LogP contribution in [0, 0.1) is 0 Å². The minimum Gasteiger partial charge on any atom is -0.378 e. The molecule has 0 spiro atoms. The number of rotatable bonds is 4. The summed E-state index contributed by atoms with van der Waals surface area (Å²) in [6.07, 6.45) is 5.11. The Hall–Kier alpha value is -1.94. The van der Waals surface area contributed by atoms with E-state index in [1.807, 2.05) is 6.07 Å². The topological polar surface area (TPSA) is 47.0 Å². The lowest BCUT2D eigenvalue weighted by Gasteiger charge is -2.26. The molecule has 0 fully saturated rings. The van der Waals surface area contributed by atoms with Crippen LogP contribution in [0.2, 0.25) is 0 Å². The summed E-state index contributed by atoms with van der Waals surface area (Å²) in [5.74, 6) is 0.869. The Morgan fingerprint density at radius 2 is 2.20 bits per heavy atom. The highest BCUT2D eigenvalue weighted by atomic mass is 16.5. The van der Waals surface area contributed by atoms with Crippen molar-refractivity contribution in [3.63, 3.8) is 0 Å². The number of ether oxygens (including phenoxy) is 1. The molecule has 1 aromatic heterocycles. The van der Waals surface area contributed by atoms with Gasteiger partial charge in [-0.15, -0.1) is 0 Å². The maximum Gasteiger partial charge on any atom is 0.130 e. The van der Waals surface area contributed by atoms with E-state index in [1.165, 1.54) is 24.0 Å². The molecule has 2 aromatic rings. The summed E-state index contributed by atoms with van der Waals surface area (Å²) < 4.78 is 5.11. The largest absolute Gasteiger partial charge is 0.378 e. The van der Waals surface area contributed by atoms with Gasteiger partial charge in [0.05, 0.1) is 18.3 Å². The highest BCUT2D eigenvalue weighted by Gasteiger charge is 2.19. The molecule has 1 aliphatic carbocycles. The van der Waals surface area contributed by atoms with Crippen LogP contribution in [-0.4, -0.2) is 17.1 Å². The van der Waals surface area contributed by atoms with Gasteiger partial charge in [-0.05, 0) is 30.4 Å². The van der Waals surface area contributed by atoms with Crippen molar-refractivity contribution >= 4 is 5.82 Å². The standard InChI is InChI=1S/C16H19N3O/c1-20-10-13-9-16(18-11-17-13)19-15-8-4-6-12-5-2-3-7-14(12)15/h2-3,5,7,9,11,15H,4,6,8,10H2,1H3,(H,17,18,19)/t15-/m0/s1. The highest BCUT2D eigenvalue weighted by Crippen LogP contribution is 2.31. The fourth-order valence-electron chi connectivity index (χ4n) is 2.79. The fraction of sp³-hybridized carbons (Fsp3) is 0.375. The van der Waals surface area contributed by atoms with Crippen molar-refractivity contribution in [3.8, 4) is 0 Å². The zero-order valence-electron chi connectivity index (χ0n) is 11.7. The summed E-state index contributed by atoms with van der Waals surface area (Å²) in [7, 11) is 1.67. The van der Waals surface area contributed by atoms with Gasteiger partial charge in [-0.1, -0.05) is 24.3 Å². The molecule has 0 saturated carbocycles. The first-order valence-corrected chi connectivity index (χ1v) is 7.01. The molecule has 0 amide bonds. The summed E-state index contributed by atoms with van der Waals surface area (Å²) in [5.41, 5.74) is 3.74. The maximum absolute atomic E-state index is 5.11. The van der Waals surface area contributed by atoms with Gasteiger partial charge < -0.3 is 10.1 Å². The summed E-state index contributed by atoms with van der Waals surface area (Å²) in [5, 5.41) is 3.53. The zero-order chi connectivity index (χ0) is 13.8. The molecule has 20 heavy (non-hydrogen) atoms. The smallest absolute Gasteiger partial charge is 0.130 e. The number of anilines is 1. The molecule has 0 bridgehead atoms. The van der Waals surface area contributed by atoms with Gasteiger partial charge in [-0.2, -0.15) is 0 Å². The van der Waals surface area contributed by atoms with Crippen LogP contribution in [0.15, 0.2) is 36.7 Å². The lowest BCUT2D eigenvalue weighted by Crippen LogP contribution is -2.18. The number of methoxy groups -OCH3 is 1. The van der Waals surface area contributed by atoms with E-state index in [2.05, 4.69) is 39.6 Å². The highest BCUT2D eigenvalue weighted by molar-refractivity contribution is 5.42. The Bertz CT molecular complexity index is 585. The normalized spacial score (nSPS) is 17.6. The van der Waals surface area contributed by atoms with E-state index in [0.717, 1.165) is 17.9 Å². The van der Waals surface area contributed by atoms with E-state index in [4.69, 9.17) is 4.74 Å². The number of nitrogens with one attached hydrogen (secondary N) is 1. The molecule has 1 N–H and O–H groups in total. The summed E-state index contributed by atoms with van der Waals surface area (Å²) >= 11 is 0. The predicted molar refractivity (Wildman–Crippen MR) is 78.5 cm³/mol. The Morgan fingerprint density at radius 1 is 1.30 bits per heavy atom. The van der Waals surface area contributed by atoms with Crippen LogP contribution >= 0.6 is 0 Å². The molecular formula is C16H19N3O. The number of fused-ring (bicyclic) bond motifs is 1. The van der Waals surface area contributed by atoms with Crippen molar-refractivity contribution in [1.82, 2.24) is 9.97 Å².